The van der Waals surface area contributed by atoms with Gasteiger partial charge in [0, 0.05) is 48.4 Å². The first-order chi connectivity index (χ1) is 18.4. The van der Waals surface area contributed by atoms with Crippen LogP contribution in [0.2, 0.25) is 10.0 Å². The molecule has 5 rings (SSSR count). The van der Waals surface area contributed by atoms with Crippen LogP contribution in [-0.2, 0) is 6.54 Å². The Balaban J connectivity index is 1.25. The Morgan fingerprint density at radius 1 is 1.18 bits per heavy atom. The smallest absolute Gasteiger partial charge is 0.129 e. The van der Waals surface area contributed by atoms with Crippen molar-refractivity contribution in [3.05, 3.63) is 87.4 Å². The highest BCUT2D eigenvalue weighted by Gasteiger charge is 2.24. The van der Waals surface area contributed by atoms with Crippen LogP contribution in [0.1, 0.15) is 54.3 Å². The van der Waals surface area contributed by atoms with Gasteiger partial charge in [-0.15, -0.1) is 0 Å². The van der Waals surface area contributed by atoms with Crippen molar-refractivity contribution >= 4 is 34.7 Å². The molecule has 38 heavy (non-hydrogen) atoms. The second kappa shape index (κ2) is 12.0. The van der Waals surface area contributed by atoms with E-state index in [-0.39, 0.29) is 12.4 Å². The van der Waals surface area contributed by atoms with Crippen LogP contribution >= 0.6 is 23.2 Å². The van der Waals surface area contributed by atoms with E-state index in [1.807, 2.05) is 31.2 Å². The Labute approximate surface area is 231 Å². The number of hydrogen-bond acceptors (Lipinski definition) is 7. The minimum absolute atomic E-state index is 0.255. The van der Waals surface area contributed by atoms with E-state index >= 15 is 4.39 Å². The number of nitrogens with zero attached hydrogens (tertiary/aromatic N) is 3. The van der Waals surface area contributed by atoms with Gasteiger partial charge in [-0.3, -0.25) is 14.9 Å². The normalized spacial score (nSPS) is 19.2. The number of hydrazine groups is 1. The Bertz CT molecular complexity index is 1280. The molecule has 2 aromatic heterocycles. The molecular formula is C28H30Cl2FN5O2. The molecule has 0 saturated carbocycles. The summed E-state index contributed by atoms with van der Waals surface area (Å²) in [6, 6.07) is 8.83. The number of fused-ring (bicyclic) bond motifs is 1. The first kappa shape index (κ1) is 26.8. The molecule has 200 valence electrons. The Morgan fingerprint density at radius 2 is 1.95 bits per heavy atom. The molecule has 0 radical (unpaired) electrons. The number of pyridine rings is 2. The van der Waals surface area contributed by atoms with Crippen LogP contribution in [0.5, 0.6) is 5.75 Å². The Hall–Kier alpha value is -2.75. The van der Waals surface area contributed by atoms with Gasteiger partial charge in [0.15, 0.2) is 0 Å². The summed E-state index contributed by atoms with van der Waals surface area (Å²) in [5.41, 5.74) is 9.89. The van der Waals surface area contributed by atoms with Crippen molar-refractivity contribution in [1.82, 2.24) is 20.3 Å². The van der Waals surface area contributed by atoms with Crippen molar-refractivity contribution in [2.45, 2.75) is 38.5 Å². The third kappa shape index (κ3) is 6.11. The van der Waals surface area contributed by atoms with Gasteiger partial charge >= 0.3 is 0 Å². The lowest BCUT2D eigenvalue weighted by Crippen LogP contribution is -2.34. The van der Waals surface area contributed by atoms with Crippen LogP contribution in [0.3, 0.4) is 0 Å². The van der Waals surface area contributed by atoms with Gasteiger partial charge in [0.25, 0.3) is 0 Å². The number of aliphatic hydroxyl groups is 1. The van der Waals surface area contributed by atoms with E-state index < -0.39 is 12.1 Å². The molecule has 2 aliphatic heterocycles. The van der Waals surface area contributed by atoms with Gasteiger partial charge in [-0.25, -0.2) is 9.82 Å². The standard InChI is InChI=1S/C28H30Cl2FN5O2/c1-17(28-23(29)13-32-14-24(28)30)38-21-4-5-26-22(10-21)27(35-34-26)11-25(31)19-2-3-20(33-12-19)15-36-8-6-18(16-37)7-9-36/h2-5,10-14,17-18,27,34-35,37H,6-9,15-16H2,1H3/b25-11-/t17-,27?/m1/s1. The molecular weight excluding hydrogens is 528 g/mol. The van der Waals surface area contributed by atoms with Crippen LogP contribution in [0.25, 0.3) is 5.83 Å². The number of anilines is 1. The number of piperidine rings is 1. The maximum Gasteiger partial charge on any atom is 0.129 e. The van der Waals surface area contributed by atoms with Crippen molar-refractivity contribution in [1.29, 1.82) is 0 Å². The van der Waals surface area contributed by atoms with Crippen molar-refractivity contribution in [3.63, 3.8) is 0 Å². The molecule has 1 aromatic carbocycles. The molecule has 10 heteroatoms. The minimum atomic E-state index is -0.408. The zero-order chi connectivity index (χ0) is 26.6. The highest BCUT2D eigenvalue weighted by molar-refractivity contribution is 6.35. The number of aliphatic hydroxyl groups excluding tert-OH is 1. The van der Waals surface area contributed by atoms with Gasteiger partial charge in [-0.2, -0.15) is 0 Å². The predicted molar refractivity (Wildman–Crippen MR) is 148 cm³/mol. The number of ether oxygens (including phenoxy) is 1. The zero-order valence-electron chi connectivity index (χ0n) is 21.0. The molecule has 1 saturated heterocycles. The van der Waals surface area contributed by atoms with E-state index in [2.05, 4.69) is 25.7 Å². The Morgan fingerprint density at radius 3 is 2.63 bits per heavy atom. The predicted octanol–water partition coefficient (Wildman–Crippen LogP) is 6.11. The van der Waals surface area contributed by atoms with E-state index in [9.17, 15) is 5.11 Å². The summed E-state index contributed by atoms with van der Waals surface area (Å²) in [7, 11) is 0. The van der Waals surface area contributed by atoms with E-state index in [0.29, 0.717) is 32.8 Å². The number of halogens is 3. The second-order valence-electron chi connectivity index (χ2n) is 9.73. The molecule has 0 amide bonds. The number of likely N-dealkylation sites (tertiary alicyclic amines) is 1. The van der Waals surface area contributed by atoms with Crippen LogP contribution in [0.4, 0.5) is 10.1 Å². The molecule has 0 aliphatic carbocycles. The highest BCUT2D eigenvalue weighted by Crippen LogP contribution is 2.37. The molecule has 1 unspecified atom stereocenters. The van der Waals surface area contributed by atoms with E-state index in [0.717, 1.165) is 49.4 Å². The fraction of sp³-hybridized carbons (Fsp3) is 0.357. The topological polar surface area (TPSA) is 82.5 Å². The number of aromatic nitrogens is 2. The molecule has 1 fully saturated rings. The monoisotopic (exact) mass is 557 g/mol. The number of hydrogen-bond donors (Lipinski definition) is 3. The average Bonchev–Trinajstić information content (AvgIpc) is 3.31. The summed E-state index contributed by atoms with van der Waals surface area (Å²) in [5.74, 6) is 0.641. The molecule has 3 aromatic rings. The molecule has 4 heterocycles. The summed E-state index contributed by atoms with van der Waals surface area (Å²) < 4.78 is 21.3. The molecule has 2 aliphatic rings. The summed E-state index contributed by atoms with van der Waals surface area (Å²) in [4.78, 5) is 10.8. The molecule has 0 spiro atoms. The molecule has 7 nitrogen and oxygen atoms in total. The summed E-state index contributed by atoms with van der Waals surface area (Å²) in [6.45, 7) is 4.72. The lowest BCUT2D eigenvalue weighted by molar-refractivity contribution is 0.126. The van der Waals surface area contributed by atoms with Gasteiger partial charge < -0.3 is 15.3 Å². The van der Waals surface area contributed by atoms with E-state index in [4.69, 9.17) is 27.9 Å². The lowest BCUT2D eigenvalue weighted by atomic mass is 9.98. The number of nitrogens with one attached hydrogen (secondary N) is 2. The van der Waals surface area contributed by atoms with Crippen molar-refractivity contribution in [3.8, 4) is 5.75 Å². The molecule has 3 N–H and O–H groups in total. The quantitative estimate of drug-likeness (QED) is 0.308. The van der Waals surface area contributed by atoms with Crippen LogP contribution < -0.4 is 15.6 Å². The lowest BCUT2D eigenvalue weighted by Gasteiger charge is -2.30. The first-order valence-corrected chi connectivity index (χ1v) is 13.4. The maximum absolute atomic E-state index is 15.2. The third-order valence-corrected chi connectivity index (χ3v) is 7.70. The summed E-state index contributed by atoms with van der Waals surface area (Å²) >= 11 is 12.6. The fourth-order valence-corrected chi connectivity index (χ4v) is 5.55. The third-order valence-electron chi connectivity index (χ3n) is 7.09. The molecule has 2 atom stereocenters. The zero-order valence-corrected chi connectivity index (χ0v) is 22.5. The minimum Gasteiger partial charge on any atom is -0.486 e. The van der Waals surface area contributed by atoms with E-state index in [1.54, 1.807) is 12.3 Å². The summed E-state index contributed by atoms with van der Waals surface area (Å²) in [5, 5.41) is 10.2. The van der Waals surface area contributed by atoms with Crippen LogP contribution in [0, 0.1) is 5.92 Å². The highest BCUT2D eigenvalue weighted by atomic mass is 35.5. The van der Waals surface area contributed by atoms with Gasteiger partial charge in [-0.1, -0.05) is 23.2 Å². The van der Waals surface area contributed by atoms with Gasteiger partial charge in [0.2, 0.25) is 0 Å². The van der Waals surface area contributed by atoms with Crippen LogP contribution in [-0.4, -0.2) is 39.7 Å². The second-order valence-corrected chi connectivity index (χ2v) is 10.5. The van der Waals surface area contributed by atoms with Crippen molar-refractivity contribution in [2.75, 3.05) is 25.1 Å². The number of benzene rings is 1. The largest absolute Gasteiger partial charge is 0.486 e. The van der Waals surface area contributed by atoms with Gasteiger partial charge in [0.1, 0.15) is 17.7 Å². The van der Waals surface area contributed by atoms with Gasteiger partial charge in [-0.05, 0) is 75.2 Å². The Kier molecular flexibility index (Phi) is 8.45. The maximum atomic E-state index is 15.2. The van der Waals surface area contributed by atoms with Crippen molar-refractivity contribution in [2.24, 2.45) is 5.92 Å². The van der Waals surface area contributed by atoms with Crippen LogP contribution in [0.15, 0.2) is 55.0 Å². The van der Waals surface area contributed by atoms with E-state index in [1.165, 1.54) is 18.5 Å². The van der Waals surface area contributed by atoms with Gasteiger partial charge in [0.05, 0.1) is 27.5 Å². The fourth-order valence-electron chi connectivity index (χ4n) is 4.88. The first-order valence-electron chi connectivity index (χ1n) is 12.7. The SMILES string of the molecule is C[C@@H](Oc1ccc2c(c1)C(/C=C(\F)c1ccc(CN3CCC(CO)CC3)nc1)NN2)c1c(Cl)cncc1Cl. The summed E-state index contributed by atoms with van der Waals surface area (Å²) in [6.07, 6.45) is 7.75. The van der Waals surface area contributed by atoms with Crippen molar-refractivity contribution < 1.29 is 14.2 Å². The average molecular weight is 558 g/mol. The molecule has 0 bridgehead atoms. The number of rotatable bonds is 8.